The van der Waals surface area contributed by atoms with E-state index in [1.165, 1.54) is 11.1 Å². The fraction of sp³-hybridized carbons (Fsp3) is 0.267. The van der Waals surface area contributed by atoms with Crippen LogP contribution in [-0.2, 0) is 11.4 Å². The number of thioether (sulfide) groups is 1. The van der Waals surface area contributed by atoms with E-state index in [2.05, 4.69) is 43.0 Å². The summed E-state index contributed by atoms with van der Waals surface area (Å²) >= 11 is 1.55. The Kier molecular flexibility index (Phi) is 7.11. The van der Waals surface area contributed by atoms with E-state index in [0.717, 1.165) is 21.8 Å². The number of fused-ring (bicyclic) bond motifs is 1. The molecule has 5 rings (SSSR count). The lowest BCUT2D eigenvalue weighted by Crippen LogP contribution is -2.47. The van der Waals surface area contributed by atoms with Gasteiger partial charge in [-0.25, -0.2) is 0 Å². The van der Waals surface area contributed by atoms with Crippen LogP contribution in [-0.4, -0.2) is 30.5 Å². The van der Waals surface area contributed by atoms with Crippen molar-refractivity contribution in [1.82, 2.24) is 4.90 Å². The second-order valence-corrected chi connectivity index (χ2v) is 10.3. The minimum absolute atomic E-state index is 0.0170. The van der Waals surface area contributed by atoms with Crippen molar-refractivity contribution in [3.05, 3.63) is 99.6 Å². The van der Waals surface area contributed by atoms with Gasteiger partial charge in [0.25, 0.3) is 0 Å². The summed E-state index contributed by atoms with van der Waals surface area (Å²) < 4.78 is 11.6. The molecule has 3 aromatic rings. The van der Waals surface area contributed by atoms with Crippen LogP contribution in [0.1, 0.15) is 34.6 Å². The predicted octanol–water partition coefficient (Wildman–Crippen LogP) is 6.11. The van der Waals surface area contributed by atoms with Gasteiger partial charge in [0.2, 0.25) is 5.91 Å². The normalized spacial score (nSPS) is 17.4. The van der Waals surface area contributed by atoms with E-state index in [1.54, 1.807) is 23.8 Å². The zero-order chi connectivity index (χ0) is 25.9. The molecule has 0 bridgehead atoms. The number of anilines is 1. The van der Waals surface area contributed by atoms with Crippen molar-refractivity contribution in [2.75, 3.05) is 24.6 Å². The molecule has 6 nitrogen and oxygen atoms in total. The highest BCUT2D eigenvalue weighted by Gasteiger charge is 2.38. The first-order valence-electron chi connectivity index (χ1n) is 12.2. The number of amides is 1. The molecule has 2 aliphatic rings. The van der Waals surface area contributed by atoms with Crippen molar-refractivity contribution >= 4 is 23.4 Å². The molecule has 0 aromatic heterocycles. The molecular weight excluding hydrogens is 482 g/mol. The Morgan fingerprint density at radius 1 is 1.03 bits per heavy atom. The molecule has 0 aliphatic carbocycles. The fourth-order valence-electron chi connectivity index (χ4n) is 4.69. The van der Waals surface area contributed by atoms with Gasteiger partial charge in [-0.05, 0) is 60.4 Å². The van der Waals surface area contributed by atoms with Crippen molar-refractivity contribution in [3.63, 3.8) is 0 Å². The number of aryl methyl sites for hydroxylation is 2. The zero-order valence-corrected chi connectivity index (χ0v) is 22.0. The first kappa shape index (κ1) is 24.8. The SMILES string of the molecule is COc1cc(C2CC(=O)N3CN(c4ccc(C)c(C)c4)CSC3=C2C#N)ccc1OCc1ccccc1. The van der Waals surface area contributed by atoms with Gasteiger partial charge in [-0.1, -0.05) is 54.2 Å². The number of nitrogens with zero attached hydrogens (tertiary/aromatic N) is 3. The number of carbonyl (C=O) groups is 1. The fourth-order valence-corrected chi connectivity index (χ4v) is 5.86. The van der Waals surface area contributed by atoms with E-state index < -0.39 is 0 Å². The van der Waals surface area contributed by atoms with E-state index >= 15 is 0 Å². The maximum atomic E-state index is 13.3. The molecule has 0 radical (unpaired) electrons. The molecule has 188 valence electrons. The van der Waals surface area contributed by atoms with Crippen LogP contribution in [0.4, 0.5) is 5.69 Å². The number of hydrogen-bond acceptors (Lipinski definition) is 6. The molecule has 1 unspecified atom stereocenters. The number of hydrogen-bond donors (Lipinski definition) is 0. The summed E-state index contributed by atoms with van der Waals surface area (Å²) in [5, 5.41) is 10.9. The summed E-state index contributed by atoms with van der Waals surface area (Å²) in [7, 11) is 1.60. The van der Waals surface area contributed by atoms with E-state index in [0.29, 0.717) is 36.2 Å². The Morgan fingerprint density at radius 2 is 1.84 bits per heavy atom. The Balaban J connectivity index is 1.39. The van der Waals surface area contributed by atoms with Crippen molar-refractivity contribution in [3.8, 4) is 17.6 Å². The number of allylic oxidation sites excluding steroid dienone is 1. The molecule has 2 aliphatic heterocycles. The zero-order valence-electron chi connectivity index (χ0n) is 21.2. The second kappa shape index (κ2) is 10.6. The molecule has 7 heteroatoms. The average molecular weight is 512 g/mol. The lowest BCUT2D eigenvalue weighted by molar-refractivity contribution is -0.129. The molecule has 3 aromatic carbocycles. The van der Waals surface area contributed by atoms with Crippen LogP contribution < -0.4 is 14.4 Å². The number of methoxy groups -OCH3 is 1. The van der Waals surface area contributed by atoms with Crippen LogP contribution in [0.25, 0.3) is 0 Å². The molecule has 1 atom stereocenters. The number of carbonyl (C=O) groups excluding carboxylic acids is 1. The number of rotatable bonds is 6. The van der Waals surface area contributed by atoms with E-state index in [9.17, 15) is 10.1 Å². The molecule has 0 N–H and O–H groups in total. The third-order valence-electron chi connectivity index (χ3n) is 6.98. The molecular formula is C30H29N3O3S. The van der Waals surface area contributed by atoms with Gasteiger partial charge in [-0.3, -0.25) is 9.69 Å². The molecule has 1 fully saturated rings. The van der Waals surface area contributed by atoms with Crippen LogP contribution in [0, 0.1) is 25.2 Å². The Morgan fingerprint density at radius 3 is 2.57 bits per heavy atom. The molecule has 1 saturated heterocycles. The minimum Gasteiger partial charge on any atom is -0.493 e. The highest BCUT2D eigenvalue weighted by atomic mass is 32.2. The number of benzene rings is 3. The van der Waals surface area contributed by atoms with Crippen molar-refractivity contribution in [1.29, 1.82) is 5.26 Å². The molecule has 37 heavy (non-hydrogen) atoms. The highest BCUT2D eigenvalue weighted by molar-refractivity contribution is 8.03. The summed E-state index contributed by atoms with van der Waals surface area (Å²) in [4.78, 5) is 17.3. The molecule has 0 spiro atoms. The third-order valence-corrected chi connectivity index (χ3v) is 8.13. The lowest BCUT2D eigenvalue weighted by atomic mass is 9.86. The van der Waals surface area contributed by atoms with Gasteiger partial charge in [-0.2, -0.15) is 5.26 Å². The largest absolute Gasteiger partial charge is 0.493 e. The maximum Gasteiger partial charge on any atom is 0.229 e. The average Bonchev–Trinajstić information content (AvgIpc) is 2.93. The van der Waals surface area contributed by atoms with Crippen molar-refractivity contribution in [2.45, 2.75) is 32.8 Å². The minimum atomic E-state index is -0.318. The van der Waals surface area contributed by atoms with Crippen LogP contribution in [0.2, 0.25) is 0 Å². The van der Waals surface area contributed by atoms with Gasteiger partial charge in [0, 0.05) is 18.0 Å². The van der Waals surface area contributed by atoms with E-state index in [-0.39, 0.29) is 18.2 Å². The summed E-state index contributed by atoms with van der Waals surface area (Å²) in [5.41, 5.74) is 6.11. The van der Waals surface area contributed by atoms with Crippen LogP contribution in [0.3, 0.4) is 0 Å². The standard InChI is InChI=1S/C30H29N3O3S/c1-20-9-11-24(13-21(20)2)32-18-33-29(34)15-25(26(16-31)30(33)37-19-32)23-10-12-27(28(14-23)35-3)36-17-22-7-5-4-6-8-22/h4-14,25H,15,17-19H2,1-3H3. The van der Waals surface area contributed by atoms with Crippen LogP contribution in [0.15, 0.2) is 77.3 Å². The van der Waals surface area contributed by atoms with Crippen molar-refractivity contribution < 1.29 is 14.3 Å². The second-order valence-electron chi connectivity index (χ2n) is 9.32. The lowest BCUT2D eigenvalue weighted by Gasteiger charge is -2.42. The van der Waals surface area contributed by atoms with Crippen LogP contribution >= 0.6 is 11.8 Å². The van der Waals surface area contributed by atoms with Gasteiger partial charge >= 0.3 is 0 Å². The Labute approximate surface area is 222 Å². The van der Waals surface area contributed by atoms with Gasteiger partial charge in [0.05, 0.1) is 36.3 Å². The monoisotopic (exact) mass is 511 g/mol. The first-order chi connectivity index (χ1) is 18.0. The Hall–Kier alpha value is -3.89. The Bertz CT molecular complexity index is 1400. The summed E-state index contributed by atoms with van der Waals surface area (Å²) in [5.74, 6) is 1.59. The first-order valence-corrected chi connectivity index (χ1v) is 13.2. The van der Waals surface area contributed by atoms with Crippen molar-refractivity contribution in [2.24, 2.45) is 0 Å². The van der Waals surface area contributed by atoms with Gasteiger partial charge in [0.15, 0.2) is 11.5 Å². The predicted molar refractivity (Wildman–Crippen MR) is 146 cm³/mol. The molecule has 2 heterocycles. The van der Waals surface area contributed by atoms with Gasteiger partial charge in [-0.15, -0.1) is 0 Å². The third kappa shape index (κ3) is 5.03. The topological polar surface area (TPSA) is 65.8 Å². The smallest absolute Gasteiger partial charge is 0.229 e. The van der Waals surface area contributed by atoms with E-state index in [4.69, 9.17) is 9.47 Å². The highest BCUT2D eigenvalue weighted by Crippen LogP contribution is 2.44. The number of ether oxygens (including phenoxy) is 2. The van der Waals surface area contributed by atoms with E-state index in [1.807, 2.05) is 48.5 Å². The van der Waals surface area contributed by atoms with Gasteiger partial charge in [0.1, 0.15) is 6.61 Å². The molecule has 1 amide bonds. The summed E-state index contributed by atoms with van der Waals surface area (Å²) in [6.45, 7) is 5.05. The summed E-state index contributed by atoms with van der Waals surface area (Å²) in [6, 6.07) is 24.4. The molecule has 0 saturated carbocycles. The van der Waals surface area contributed by atoms with Gasteiger partial charge < -0.3 is 14.4 Å². The quantitative estimate of drug-likeness (QED) is 0.398. The maximum absolute atomic E-state index is 13.3. The summed E-state index contributed by atoms with van der Waals surface area (Å²) in [6.07, 6.45) is 0.237. The number of nitriles is 1. The van der Waals surface area contributed by atoms with Crippen LogP contribution in [0.5, 0.6) is 11.5 Å².